The predicted molar refractivity (Wildman–Crippen MR) is 85.3 cm³/mol. The van der Waals surface area contributed by atoms with Crippen LogP contribution in [0, 0.1) is 22.9 Å². The first-order valence-corrected chi connectivity index (χ1v) is 7.57. The summed E-state index contributed by atoms with van der Waals surface area (Å²) in [5, 5.41) is 13.7. The molecule has 0 spiro atoms. The molecule has 1 N–H and O–H groups in total. The number of benzene rings is 1. The molecule has 2 aromatic rings. The van der Waals surface area contributed by atoms with E-state index in [4.69, 9.17) is 0 Å². The van der Waals surface area contributed by atoms with E-state index in [0.717, 1.165) is 24.6 Å². The van der Waals surface area contributed by atoms with E-state index in [9.17, 15) is 19.3 Å². The van der Waals surface area contributed by atoms with E-state index in [1.807, 2.05) is 0 Å². The number of carbonyl (C=O) groups is 1. The van der Waals surface area contributed by atoms with Gasteiger partial charge in [0.05, 0.1) is 16.2 Å². The minimum Gasteiger partial charge on any atom is -0.351 e. The molecule has 3 rings (SSSR count). The van der Waals surface area contributed by atoms with Gasteiger partial charge in [-0.1, -0.05) is 12.1 Å². The van der Waals surface area contributed by atoms with Crippen LogP contribution in [0.15, 0.2) is 36.5 Å². The monoisotopic (exact) mass is 329 g/mol. The number of nitrogens with one attached hydrogen (secondary N) is 1. The van der Waals surface area contributed by atoms with Crippen LogP contribution in [0.2, 0.25) is 0 Å². The number of pyridine rings is 1. The minimum atomic E-state index is -0.579. The summed E-state index contributed by atoms with van der Waals surface area (Å²) in [4.78, 5) is 26.5. The molecule has 0 atom stereocenters. The zero-order chi connectivity index (χ0) is 17.3. The largest absolute Gasteiger partial charge is 0.351 e. The van der Waals surface area contributed by atoms with Crippen molar-refractivity contribution in [2.45, 2.75) is 25.2 Å². The van der Waals surface area contributed by atoms with Gasteiger partial charge >= 0.3 is 0 Å². The van der Waals surface area contributed by atoms with Crippen molar-refractivity contribution in [2.75, 3.05) is 6.54 Å². The first-order chi connectivity index (χ1) is 11.4. The van der Waals surface area contributed by atoms with Crippen molar-refractivity contribution in [1.29, 1.82) is 0 Å². The van der Waals surface area contributed by atoms with Crippen LogP contribution in [0.4, 0.5) is 10.1 Å². The van der Waals surface area contributed by atoms with Gasteiger partial charge in [0.15, 0.2) is 0 Å². The highest BCUT2D eigenvalue weighted by Gasteiger charge is 2.44. The van der Waals surface area contributed by atoms with Crippen LogP contribution in [0.25, 0.3) is 0 Å². The maximum Gasteiger partial charge on any atom is 0.288 e. The van der Waals surface area contributed by atoms with Crippen molar-refractivity contribution in [3.8, 4) is 0 Å². The van der Waals surface area contributed by atoms with Crippen LogP contribution >= 0.6 is 0 Å². The average Bonchev–Trinajstić information content (AvgIpc) is 3.34. The van der Waals surface area contributed by atoms with Crippen molar-refractivity contribution in [3.63, 3.8) is 0 Å². The Morgan fingerprint density at radius 1 is 1.38 bits per heavy atom. The lowest BCUT2D eigenvalue weighted by atomic mass is 9.96. The van der Waals surface area contributed by atoms with E-state index in [1.54, 1.807) is 19.1 Å². The Morgan fingerprint density at radius 2 is 2.04 bits per heavy atom. The van der Waals surface area contributed by atoms with Crippen molar-refractivity contribution < 1.29 is 14.1 Å². The number of nitrogens with zero attached hydrogens (tertiary/aromatic N) is 2. The molecular weight excluding hydrogens is 313 g/mol. The number of carbonyl (C=O) groups excluding carboxylic acids is 1. The van der Waals surface area contributed by atoms with Crippen molar-refractivity contribution in [3.05, 3.63) is 69.3 Å². The summed E-state index contributed by atoms with van der Waals surface area (Å²) in [6, 6.07) is 7.51. The zero-order valence-electron chi connectivity index (χ0n) is 13.1. The summed E-state index contributed by atoms with van der Waals surface area (Å²) in [5.74, 6) is -0.686. The summed E-state index contributed by atoms with van der Waals surface area (Å²) < 4.78 is 13.0. The number of amides is 1. The third kappa shape index (κ3) is 3.10. The molecule has 24 heavy (non-hydrogen) atoms. The molecule has 6 nitrogen and oxygen atoms in total. The Hall–Kier alpha value is -2.83. The summed E-state index contributed by atoms with van der Waals surface area (Å²) in [6.45, 7) is 2.03. The maximum absolute atomic E-state index is 13.0. The SMILES string of the molecule is Cc1ncc([N+](=O)[O-])cc1C(=O)NCC1(c2ccc(F)cc2)CC1. The highest BCUT2D eigenvalue weighted by atomic mass is 19.1. The molecule has 1 saturated carbocycles. The molecule has 1 amide bonds. The molecular formula is C17H16FN3O3. The quantitative estimate of drug-likeness (QED) is 0.675. The molecule has 124 valence electrons. The normalized spacial score (nSPS) is 14.9. The van der Waals surface area contributed by atoms with Crippen molar-refractivity contribution in [1.82, 2.24) is 10.3 Å². The number of hydrogen-bond donors (Lipinski definition) is 1. The number of aryl methyl sites for hydroxylation is 1. The standard InChI is InChI=1S/C17H16FN3O3/c1-11-15(8-14(9-19-11)21(23)24)16(22)20-10-17(6-7-17)12-2-4-13(18)5-3-12/h2-5,8-9H,6-7,10H2,1H3,(H,20,22). The fourth-order valence-corrected chi connectivity index (χ4v) is 2.72. The number of aromatic nitrogens is 1. The lowest BCUT2D eigenvalue weighted by Gasteiger charge is -2.17. The lowest BCUT2D eigenvalue weighted by Crippen LogP contribution is -2.32. The molecule has 1 aliphatic rings. The highest BCUT2D eigenvalue weighted by molar-refractivity contribution is 5.95. The first-order valence-electron chi connectivity index (χ1n) is 7.57. The second kappa shape index (κ2) is 5.99. The van der Waals surface area contributed by atoms with Gasteiger partial charge in [0, 0.05) is 18.0 Å². The molecule has 1 heterocycles. The first kappa shape index (κ1) is 16.0. The summed E-state index contributed by atoms with van der Waals surface area (Å²) in [7, 11) is 0. The van der Waals surface area contributed by atoms with Crippen LogP contribution in [-0.4, -0.2) is 22.4 Å². The third-order valence-electron chi connectivity index (χ3n) is 4.43. The molecule has 1 aliphatic carbocycles. The highest BCUT2D eigenvalue weighted by Crippen LogP contribution is 2.47. The molecule has 0 aliphatic heterocycles. The van der Waals surface area contributed by atoms with Gasteiger partial charge in [0.1, 0.15) is 12.0 Å². The molecule has 0 bridgehead atoms. The molecule has 0 saturated heterocycles. The molecule has 0 radical (unpaired) electrons. The number of nitro groups is 1. The van der Waals surface area contributed by atoms with Gasteiger partial charge in [-0.2, -0.15) is 0 Å². The predicted octanol–water partition coefficient (Wildman–Crippen LogP) is 2.90. The Kier molecular flexibility index (Phi) is 4.01. The van der Waals surface area contributed by atoms with Crippen LogP contribution in [0.5, 0.6) is 0 Å². The zero-order valence-corrected chi connectivity index (χ0v) is 13.1. The van der Waals surface area contributed by atoms with Crippen LogP contribution in [0.1, 0.15) is 34.5 Å². The van der Waals surface area contributed by atoms with E-state index in [0.29, 0.717) is 12.2 Å². The molecule has 1 fully saturated rings. The second-order valence-corrected chi connectivity index (χ2v) is 6.05. The maximum atomic E-state index is 13.0. The Labute approximate surface area is 137 Å². The summed E-state index contributed by atoms with van der Waals surface area (Å²) >= 11 is 0. The molecule has 1 aromatic heterocycles. The van der Waals surface area contributed by atoms with Gasteiger partial charge in [0.2, 0.25) is 0 Å². The molecule has 0 unspecified atom stereocenters. The van der Waals surface area contributed by atoms with Crippen LogP contribution in [0.3, 0.4) is 0 Å². The number of halogens is 1. The van der Waals surface area contributed by atoms with E-state index < -0.39 is 10.8 Å². The second-order valence-electron chi connectivity index (χ2n) is 6.05. The van der Waals surface area contributed by atoms with Crippen LogP contribution < -0.4 is 5.32 Å². The van der Waals surface area contributed by atoms with Crippen LogP contribution in [-0.2, 0) is 5.41 Å². The minimum absolute atomic E-state index is 0.175. The molecule has 7 heteroatoms. The Morgan fingerprint density at radius 3 is 2.62 bits per heavy atom. The van der Waals surface area contributed by atoms with Crippen molar-refractivity contribution in [2.24, 2.45) is 0 Å². The third-order valence-corrected chi connectivity index (χ3v) is 4.43. The topological polar surface area (TPSA) is 85.1 Å². The summed E-state index contributed by atoms with van der Waals surface area (Å²) in [6.07, 6.45) is 2.95. The van der Waals surface area contributed by atoms with E-state index >= 15 is 0 Å². The van der Waals surface area contributed by atoms with Gasteiger partial charge in [-0.15, -0.1) is 0 Å². The fraction of sp³-hybridized carbons (Fsp3) is 0.294. The van der Waals surface area contributed by atoms with Gasteiger partial charge in [0.25, 0.3) is 11.6 Å². The Bertz CT molecular complexity index is 801. The van der Waals surface area contributed by atoms with Gasteiger partial charge in [-0.25, -0.2) is 4.39 Å². The van der Waals surface area contributed by atoms with Gasteiger partial charge in [-0.05, 0) is 37.5 Å². The fourth-order valence-electron chi connectivity index (χ4n) is 2.72. The smallest absolute Gasteiger partial charge is 0.288 e. The van der Waals surface area contributed by atoms with E-state index in [1.165, 1.54) is 18.2 Å². The van der Waals surface area contributed by atoms with Crippen molar-refractivity contribution >= 4 is 11.6 Å². The lowest BCUT2D eigenvalue weighted by molar-refractivity contribution is -0.385. The van der Waals surface area contributed by atoms with Gasteiger partial charge in [-0.3, -0.25) is 19.9 Å². The Balaban J connectivity index is 1.73. The number of rotatable bonds is 5. The van der Waals surface area contributed by atoms with Gasteiger partial charge < -0.3 is 5.32 Å². The average molecular weight is 329 g/mol. The summed E-state index contributed by atoms with van der Waals surface area (Å²) in [5.41, 5.74) is 1.22. The molecule has 1 aromatic carbocycles. The van der Waals surface area contributed by atoms with E-state index in [2.05, 4.69) is 10.3 Å². The number of hydrogen-bond acceptors (Lipinski definition) is 4. The van der Waals surface area contributed by atoms with E-state index in [-0.39, 0.29) is 22.5 Å².